The monoisotopic (exact) mass is 243 g/mol. The fourth-order valence-corrected chi connectivity index (χ4v) is 2.12. The minimum absolute atomic E-state index is 0.0334. The molecule has 0 amide bonds. The van der Waals surface area contributed by atoms with Gasteiger partial charge in [-0.25, -0.2) is 0 Å². The summed E-state index contributed by atoms with van der Waals surface area (Å²) in [5.41, 5.74) is -0.158. The van der Waals surface area contributed by atoms with E-state index in [1.54, 1.807) is 0 Å². The zero-order valence-corrected chi connectivity index (χ0v) is 9.13. The summed E-state index contributed by atoms with van der Waals surface area (Å²) in [5.74, 6) is 0.215. The summed E-state index contributed by atoms with van der Waals surface area (Å²) in [6.07, 6.45) is -0.492. The van der Waals surface area contributed by atoms with Gasteiger partial charge in [-0.3, -0.25) is 9.78 Å². The first-order chi connectivity index (χ1) is 7.97. The van der Waals surface area contributed by atoms with Gasteiger partial charge in [-0.1, -0.05) is 6.07 Å². The van der Waals surface area contributed by atoms with Gasteiger partial charge in [0.2, 0.25) is 0 Å². The molecule has 0 N–H and O–H groups in total. The molecule has 0 aromatic carbocycles. The van der Waals surface area contributed by atoms with E-state index in [1.807, 2.05) is 0 Å². The normalized spacial score (nSPS) is 21.6. The van der Waals surface area contributed by atoms with E-state index in [0.29, 0.717) is 12.8 Å². The van der Waals surface area contributed by atoms with Gasteiger partial charge < -0.3 is 0 Å². The molecule has 2 rings (SSSR count). The van der Waals surface area contributed by atoms with Crippen molar-refractivity contribution in [1.82, 2.24) is 4.98 Å². The lowest BCUT2D eigenvalue weighted by molar-refractivity contribution is -0.141. The molecular weight excluding hydrogens is 231 g/mol. The minimum Gasteiger partial charge on any atom is -0.300 e. The highest BCUT2D eigenvalue weighted by Crippen LogP contribution is 2.32. The lowest BCUT2D eigenvalue weighted by Crippen LogP contribution is -2.14. The van der Waals surface area contributed by atoms with E-state index in [0.717, 1.165) is 24.5 Å². The third-order valence-corrected chi connectivity index (χ3v) is 3.03. The number of carbonyl (C=O) groups is 1. The summed E-state index contributed by atoms with van der Waals surface area (Å²) >= 11 is 0. The summed E-state index contributed by atoms with van der Waals surface area (Å²) in [5, 5.41) is 0. The predicted octanol–water partition coefficient (Wildman–Crippen LogP) is 3.33. The summed E-state index contributed by atoms with van der Waals surface area (Å²) in [4.78, 5) is 14.7. The first kappa shape index (κ1) is 12.1. The smallest absolute Gasteiger partial charge is 0.300 e. The molecule has 1 aliphatic rings. The first-order valence-corrected chi connectivity index (χ1v) is 5.51. The summed E-state index contributed by atoms with van der Waals surface area (Å²) in [6, 6.07) is 2.41. The van der Waals surface area contributed by atoms with Crippen LogP contribution in [0.25, 0.3) is 0 Å². The predicted molar refractivity (Wildman–Crippen MR) is 55.5 cm³/mol. The Kier molecular flexibility index (Phi) is 3.17. The molecule has 0 unspecified atom stereocenters. The number of hydrogen-bond acceptors (Lipinski definition) is 2. The average molecular weight is 243 g/mol. The van der Waals surface area contributed by atoms with Crippen molar-refractivity contribution in [2.45, 2.75) is 37.8 Å². The van der Waals surface area contributed by atoms with Gasteiger partial charge in [0.25, 0.3) is 0 Å². The summed E-state index contributed by atoms with van der Waals surface area (Å²) < 4.78 is 36.9. The number of carbonyl (C=O) groups excluding carboxylic acids is 1. The Balaban J connectivity index is 2.15. The van der Waals surface area contributed by atoms with Crippen LogP contribution in [0.4, 0.5) is 13.2 Å². The minimum atomic E-state index is -4.40. The molecule has 1 aliphatic carbocycles. The molecule has 0 radical (unpaired) electrons. The van der Waals surface area contributed by atoms with E-state index in [4.69, 9.17) is 0 Å². The Morgan fingerprint density at radius 1 is 1.29 bits per heavy atom. The highest BCUT2D eigenvalue weighted by atomic mass is 19.4. The van der Waals surface area contributed by atoms with Crippen LogP contribution in [0.3, 0.4) is 0 Å². The van der Waals surface area contributed by atoms with Crippen molar-refractivity contribution in [3.8, 4) is 0 Å². The zero-order chi connectivity index (χ0) is 12.5. The van der Waals surface area contributed by atoms with E-state index in [-0.39, 0.29) is 11.7 Å². The van der Waals surface area contributed by atoms with E-state index >= 15 is 0 Å². The number of ketones is 1. The van der Waals surface area contributed by atoms with Gasteiger partial charge in [-0.05, 0) is 30.4 Å². The maximum atomic E-state index is 12.3. The highest BCUT2D eigenvalue weighted by Gasteiger charge is 2.32. The molecule has 2 nitrogen and oxygen atoms in total. The van der Waals surface area contributed by atoms with Crippen LogP contribution >= 0.6 is 0 Å². The lowest BCUT2D eigenvalue weighted by atomic mass is 9.84. The van der Waals surface area contributed by atoms with Crippen molar-refractivity contribution in [1.29, 1.82) is 0 Å². The number of aromatic nitrogens is 1. The van der Waals surface area contributed by atoms with Crippen LogP contribution in [0.2, 0.25) is 0 Å². The van der Waals surface area contributed by atoms with Crippen molar-refractivity contribution in [3.63, 3.8) is 0 Å². The maximum absolute atomic E-state index is 12.3. The number of rotatable bonds is 1. The van der Waals surface area contributed by atoms with Crippen LogP contribution in [-0.4, -0.2) is 10.8 Å². The van der Waals surface area contributed by atoms with Crippen LogP contribution < -0.4 is 0 Å². The molecule has 0 saturated heterocycles. The van der Waals surface area contributed by atoms with Gasteiger partial charge in [0.15, 0.2) is 0 Å². The van der Waals surface area contributed by atoms with Gasteiger partial charge in [0.1, 0.15) is 11.5 Å². The molecule has 92 valence electrons. The van der Waals surface area contributed by atoms with Crippen LogP contribution in [0.1, 0.15) is 42.9 Å². The maximum Gasteiger partial charge on any atom is 0.433 e. The van der Waals surface area contributed by atoms with E-state index < -0.39 is 11.9 Å². The Labute approximate surface area is 96.9 Å². The lowest BCUT2D eigenvalue weighted by Gasteiger charge is -2.21. The van der Waals surface area contributed by atoms with Gasteiger partial charge in [0, 0.05) is 19.0 Å². The topological polar surface area (TPSA) is 30.0 Å². The molecule has 1 heterocycles. The molecule has 17 heavy (non-hydrogen) atoms. The Morgan fingerprint density at radius 2 is 2.06 bits per heavy atom. The van der Waals surface area contributed by atoms with Crippen LogP contribution in [0, 0.1) is 0 Å². The molecule has 0 bridgehead atoms. The van der Waals surface area contributed by atoms with E-state index in [1.165, 1.54) is 12.3 Å². The number of alkyl halides is 3. The summed E-state index contributed by atoms with van der Waals surface area (Å²) in [6.45, 7) is 0. The quantitative estimate of drug-likeness (QED) is 0.757. The molecular formula is C12H12F3NO. The molecule has 1 aromatic rings. The second-order valence-corrected chi connectivity index (χ2v) is 4.31. The molecule has 1 saturated carbocycles. The summed E-state index contributed by atoms with van der Waals surface area (Å²) in [7, 11) is 0. The third-order valence-electron chi connectivity index (χ3n) is 3.03. The van der Waals surface area contributed by atoms with Crippen LogP contribution in [-0.2, 0) is 11.0 Å². The van der Waals surface area contributed by atoms with Gasteiger partial charge in [-0.2, -0.15) is 13.2 Å². The number of pyridine rings is 1. The molecule has 0 aliphatic heterocycles. The van der Waals surface area contributed by atoms with Crippen molar-refractivity contribution in [2.75, 3.05) is 0 Å². The third kappa shape index (κ3) is 2.84. The van der Waals surface area contributed by atoms with E-state index in [2.05, 4.69) is 4.98 Å². The number of hydrogen-bond donors (Lipinski definition) is 0. The number of halogens is 3. The number of nitrogens with zero attached hydrogens (tertiary/aromatic N) is 1. The van der Waals surface area contributed by atoms with Crippen molar-refractivity contribution in [3.05, 3.63) is 29.6 Å². The molecule has 1 fully saturated rings. The fraction of sp³-hybridized carbons (Fsp3) is 0.500. The largest absolute Gasteiger partial charge is 0.433 e. The highest BCUT2D eigenvalue weighted by molar-refractivity contribution is 5.80. The van der Waals surface area contributed by atoms with Gasteiger partial charge in [0.05, 0.1) is 0 Å². The molecule has 1 aromatic heterocycles. The van der Waals surface area contributed by atoms with E-state index in [9.17, 15) is 18.0 Å². The SMILES string of the molecule is O=C1CCC[C@@H](c2ccc(C(F)(F)F)nc2)C1. The zero-order valence-electron chi connectivity index (χ0n) is 9.13. The number of Topliss-reactive ketones (excluding diaryl/α,β-unsaturated/α-hetero) is 1. The first-order valence-electron chi connectivity index (χ1n) is 5.51. The van der Waals surface area contributed by atoms with Crippen molar-refractivity contribution < 1.29 is 18.0 Å². The van der Waals surface area contributed by atoms with Gasteiger partial charge >= 0.3 is 6.18 Å². The van der Waals surface area contributed by atoms with Crippen LogP contribution in [0.15, 0.2) is 18.3 Å². The molecule has 0 spiro atoms. The van der Waals surface area contributed by atoms with Crippen molar-refractivity contribution in [2.24, 2.45) is 0 Å². The Morgan fingerprint density at radius 3 is 2.59 bits per heavy atom. The fourth-order valence-electron chi connectivity index (χ4n) is 2.12. The molecule has 5 heteroatoms. The average Bonchev–Trinajstić information content (AvgIpc) is 2.28. The Hall–Kier alpha value is -1.39. The van der Waals surface area contributed by atoms with Gasteiger partial charge in [-0.15, -0.1) is 0 Å². The second-order valence-electron chi connectivity index (χ2n) is 4.31. The van der Waals surface area contributed by atoms with Crippen LogP contribution in [0.5, 0.6) is 0 Å². The standard InChI is InChI=1S/C12H12F3NO/c13-12(14,15)11-5-4-9(7-16-11)8-2-1-3-10(17)6-8/h4-5,7-8H,1-3,6H2/t8-/m1/s1. The second kappa shape index (κ2) is 4.47. The molecule has 1 atom stereocenters. The van der Waals surface area contributed by atoms with Crippen molar-refractivity contribution >= 4 is 5.78 Å². The Bertz CT molecular complexity index is 411.